The average Bonchev–Trinajstić information content (AvgIpc) is 2.74. The molecule has 3 heterocycles. The Bertz CT molecular complexity index is 1030. The smallest absolute Gasteiger partial charge is 0.294 e. The summed E-state index contributed by atoms with van der Waals surface area (Å²) in [5.74, 6) is 0.253. The molecule has 0 aliphatic carbocycles. The van der Waals surface area contributed by atoms with Gasteiger partial charge in [-0.25, -0.2) is 4.98 Å². The number of benzene rings is 1. The lowest BCUT2D eigenvalue weighted by atomic mass is 10.2. The number of morpholine rings is 1. The van der Waals surface area contributed by atoms with Crippen molar-refractivity contribution in [2.24, 2.45) is 0 Å². The second kappa shape index (κ2) is 8.18. The molecule has 0 saturated carbocycles. The largest absolute Gasteiger partial charge is 0.378 e. The number of ether oxygens (including phenoxy) is 1. The Morgan fingerprint density at radius 2 is 1.86 bits per heavy atom. The van der Waals surface area contributed by atoms with Crippen LogP contribution in [0.1, 0.15) is 6.42 Å². The summed E-state index contributed by atoms with van der Waals surface area (Å²) in [7, 11) is 0. The fourth-order valence-electron chi connectivity index (χ4n) is 3.25. The maximum absolute atomic E-state index is 13.1. The van der Waals surface area contributed by atoms with Crippen molar-refractivity contribution in [1.29, 1.82) is 0 Å². The fourth-order valence-corrected chi connectivity index (χ4v) is 3.25. The second-order valence-electron chi connectivity index (χ2n) is 6.51. The van der Waals surface area contributed by atoms with Crippen LogP contribution in [0, 0.1) is 0 Å². The zero-order valence-electron chi connectivity index (χ0n) is 15.4. The number of amides is 1. The fraction of sp³-hybridized carbons (Fsp3) is 0.300. The second-order valence-corrected chi connectivity index (χ2v) is 6.51. The summed E-state index contributed by atoms with van der Waals surface area (Å²) >= 11 is 0. The highest BCUT2D eigenvalue weighted by molar-refractivity contribution is 5.90. The Kier molecular flexibility index (Phi) is 5.29. The van der Waals surface area contributed by atoms with Crippen LogP contribution < -0.4 is 15.8 Å². The SMILES string of the molecule is O=C(CCn1c(=O)c(N2CCOCC2)nc2ccccc21)Nc1ccncc1. The van der Waals surface area contributed by atoms with E-state index in [1.165, 1.54) is 0 Å². The predicted octanol–water partition coefficient (Wildman–Crippen LogP) is 1.66. The van der Waals surface area contributed by atoms with Crippen LogP contribution in [0.2, 0.25) is 0 Å². The molecule has 28 heavy (non-hydrogen) atoms. The minimum Gasteiger partial charge on any atom is -0.378 e. The molecule has 1 saturated heterocycles. The minimum atomic E-state index is -0.183. The molecular formula is C20H21N5O3. The van der Waals surface area contributed by atoms with Crippen molar-refractivity contribution < 1.29 is 9.53 Å². The number of aryl methyl sites for hydroxylation is 1. The van der Waals surface area contributed by atoms with Gasteiger partial charge in [0.1, 0.15) is 0 Å². The van der Waals surface area contributed by atoms with E-state index in [0.29, 0.717) is 37.8 Å². The van der Waals surface area contributed by atoms with Gasteiger partial charge in [-0.1, -0.05) is 12.1 Å². The van der Waals surface area contributed by atoms with E-state index in [9.17, 15) is 9.59 Å². The number of nitrogens with zero attached hydrogens (tertiary/aromatic N) is 4. The lowest BCUT2D eigenvalue weighted by molar-refractivity contribution is -0.116. The van der Waals surface area contributed by atoms with Gasteiger partial charge in [0.2, 0.25) is 5.91 Å². The Labute approximate surface area is 161 Å². The van der Waals surface area contributed by atoms with Crippen molar-refractivity contribution >= 4 is 28.4 Å². The van der Waals surface area contributed by atoms with Crippen LogP contribution in [0.5, 0.6) is 0 Å². The first-order valence-corrected chi connectivity index (χ1v) is 9.24. The molecule has 1 aliphatic rings. The first-order chi connectivity index (χ1) is 13.7. The molecule has 8 heteroatoms. The molecule has 144 valence electrons. The van der Waals surface area contributed by atoms with E-state index in [2.05, 4.69) is 15.3 Å². The monoisotopic (exact) mass is 379 g/mol. The summed E-state index contributed by atoms with van der Waals surface area (Å²) in [4.78, 5) is 35.9. The predicted molar refractivity (Wildman–Crippen MR) is 107 cm³/mol. The molecule has 1 N–H and O–H groups in total. The molecule has 0 radical (unpaired) electrons. The standard InChI is InChI=1S/C20H21N5O3/c26-18(22-15-5-8-21-9-6-15)7-10-25-17-4-2-1-3-16(17)23-19(20(25)27)24-11-13-28-14-12-24/h1-6,8-9H,7,10-14H2,(H,21,22,26). The van der Waals surface area contributed by atoms with Gasteiger partial charge in [0, 0.05) is 44.1 Å². The van der Waals surface area contributed by atoms with Crippen molar-refractivity contribution in [3.63, 3.8) is 0 Å². The Morgan fingerprint density at radius 1 is 1.11 bits per heavy atom. The van der Waals surface area contributed by atoms with Gasteiger partial charge >= 0.3 is 0 Å². The number of hydrogen-bond acceptors (Lipinski definition) is 6. The third-order valence-electron chi connectivity index (χ3n) is 4.67. The number of para-hydroxylation sites is 2. The molecule has 1 aromatic carbocycles. The number of pyridine rings is 1. The van der Waals surface area contributed by atoms with Crippen LogP contribution in [0.3, 0.4) is 0 Å². The lowest BCUT2D eigenvalue weighted by Crippen LogP contribution is -2.41. The third kappa shape index (κ3) is 3.86. The summed E-state index contributed by atoms with van der Waals surface area (Å²) in [6, 6.07) is 10.9. The maximum atomic E-state index is 13.1. The Balaban J connectivity index is 1.60. The normalized spacial score (nSPS) is 14.2. The summed E-state index contributed by atoms with van der Waals surface area (Å²) < 4.78 is 7.02. The molecule has 0 unspecified atom stereocenters. The van der Waals surface area contributed by atoms with Crippen molar-refractivity contribution in [2.75, 3.05) is 36.5 Å². The van der Waals surface area contributed by atoms with Gasteiger partial charge in [-0.05, 0) is 24.3 Å². The molecule has 8 nitrogen and oxygen atoms in total. The van der Waals surface area contributed by atoms with Crippen LogP contribution in [0.15, 0.2) is 53.6 Å². The number of fused-ring (bicyclic) bond motifs is 1. The molecule has 0 bridgehead atoms. The number of anilines is 2. The zero-order valence-corrected chi connectivity index (χ0v) is 15.4. The third-order valence-corrected chi connectivity index (χ3v) is 4.67. The molecular weight excluding hydrogens is 358 g/mol. The summed E-state index contributed by atoms with van der Waals surface area (Å²) in [6.07, 6.45) is 3.41. The van der Waals surface area contributed by atoms with Gasteiger partial charge in [0.25, 0.3) is 5.56 Å². The Hall–Kier alpha value is -3.26. The molecule has 0 atom stereocenters. The van der Waals surface area contributed by atoms with Gasteiger partial charge in [0.15, 0.2) is 5.82 Å². The highest BCUT2D eigenvalue weighted by Gasteiger charge is 2.19. The number of carbonyl (C=O) groups is 1. The van der Waals surface area contributed by atoms with E-state index in [1.807, 2.05) is 29.2 Å². The summed E-state index contributed by atoms with van der Waals surface area (Å²) in [5.41, 5.74) is 1.96. The quantitative estimate of drug-likeness (QED) is 0.725. The van der Waals surface area contributed by atoms with E-state index in [4.69, 9.17) is 4.74 Å². The van der Waals surface area contributed by atoms with E-state index in [0.717, 1.165) is 11.0 Å². The number of nitrogens with one attached hydrogen (secondary N) is 1. The highest BCUT2D eigenvalue weighted by atomic mass is 16.5. The Morgan fingerprint density at radius 3 is 2.64 bits per heavy atom. The molecule has 1 aliphatic heterocycles. The van der Waals surface area contributed by atoms with Crippen LogP contribution >= 0.6 is 0 Å². The van der Waals surface area contributed by atoms with Gasteiger partial charge in [-0.3, -0.25) is 14.6 Å². The number of carbonyl (C=O) groups excluding carboxylic acids is 1. The van der Waals surface area contributed by atoms with Crippen LogP contribution in [-0.2, 0) is 16.1 Å². The minimum absolute atomic E-state index is 0.160. The first kappa shape index (κ1) is 18.1. The van der Waals surface area contributed by atoms with Gasteiger partial charge in [-0.15, -0.1) is 0 Å². The van der Waals surface area contributed by atoms with Gasteiger partial charge in [0.05, 0.1) is 24.2 Å². The molecule has 0 spiro atoms. The number of rotatable bonds is 5. The molecule has 1 amide bonds. The van der Waals surface area contributed by atoms with Crippen LogP contribution in [0.25, 0.3) is 11.0 Å². The van der Waals surface area contributed by atoms with Crippen molar-refractivity contribution in [3.8, 4) is 0 Å². The molecule has 2 aromatic heterocycles. The number of aromatic nitrogens is 3. The highest BCUT2D eigenvalue weighted by Crippen LogP contribution is 2.16. The zero-order chi connectivity index (χ0) is 19.3. The van der Waals surface area contributed by atoms with Crippen molar-refractivity contribution in [3.05, 3.63) is 59.1 Å². The van der Waals surface area contributed by atoms with E-state index in [1.54, 1.807) is 29.1 Å². The van der Waals surface area contributed by atoms with Gasteiger partial charge in [-0.2, -0.15) is 0 Å². The van der Waals surface area contributed by atoms with Crippen LogP contribution in [0.4, 0.5) is 11.5 Å². The molecule has 4 rings (SSSR count). The van der Waals surface area contributed by atoms with Crippen molar-refractivity contribution in [2.45, 2.75) is 13.0 Å². The van der Waals surface area contributed by atoms with Crippen LogP contribution in [-0.4, -0.2) is 46.7 Å². The lowest BCUT2D eigenvalue weighted by Gasteiger charge is -2.28. The van der Waals surface area contributed by atoms with E-state index >= 15 is 0 Å². The topological polar surface area (TPSA) is 89.4 Å². The van der Waals surface area contributed by atoms with E-state index in [-0.39, 0.29) is 24.4 Å². The van der Waals surface area contributed by atoms with Crippen molar-refractivity contribution in [1.82, 2.24) is 14.5 Å². The molecule has 1 fully saturated rings. The average molecular weight is 379 g/mol. The summed E-state index contributed by atoms with van der Waals surface area (Å²) in [6.45, 7) is 2.67. The molecule has 3 aromatic rings. The maximum Gasteiger partial charge on any atom is 0.294 e. The number of hydrogen-bond donors (Lipinski definition) is 1. The van der Waals surface area contributed by atoms with Gasteiger partial charge < -0.3 is 19.5 Å². The van der Waals surface area contributed by atoms with E-state index < -0.39 is 0 Å². The summed E-state index contributed by atoms with van der Waals surface area (Å²) in [5, 5.41) is 2.82. The first-order valence-electron chi connectivity index (χ1n) is 9.24.